The van der Waals surface area contributed by atoms with Crippen LogP contribution in [0, 0.1) is 58.2 Å². The van der Waals surface area contributed by atoms with Crippen LogP contribution in [-0.4, -0.2) is 131 Å². The van der Waals surface area contributed by atoms with Gasteiger partial charge in [-0.05, 0) is 72.6 Å². The van der Waals surface area contributed by atoms with Crippen LogP contribution in [0.2, 0.25) is 0 Å². The van der Waals surface area contributed by atoms with Gasteiger partial charge in [0.1, 0.15) is 61.1 Å². The first-order valence-electron chi connectivity index (χ1n) is 28.0. The van der Waals surface area contributed by atoms with Crippen LogP contribution in [0.4, 0.5) is 0 Å². The number of ether oxygens (including phenoxy) is 7. The molecule has 8 aliphatic heterocycles. The molecule has 0 unspecified atom stereocenters. The van der Waals surface area contributed by atoms with E-state index in [2.05, 4.69) is 34.0 Å². The third-order valence-electron chi connectivity index (χ3n) is 20.0. The number of carbonyl (C=O) groups excluding carboxylic acids is 2. The Morgan fingerprint density at radius 2 is 1.80 bits per heavy atom. The lowest BCUT2D eigenvalue weighted by Crippen LogP contribution is -2.81. The summed E-state index contributed by atoms with van der Waals surface area (Å²) in [5.41, 5.74) is 3.14. The van der Waals surface area contributed by atoms with Crippen LogP contribution in [0.25, 0.3) is 10.9 Å². The number of benzene rings is 3. The number of nitrogens with two attached hydrogens (primary N) is 1. The number of nitrogens with one attached hydrogen (secondary N) is 2. The number of hydrogen-bond acceptors (Lipinski definition) is 18. The van der Waals surface area contributed by atoms with Gasteiger partial charge in [0, 0.05) is 70.3 Å². The monoisotopic (exact) mass is 1130 g/mol. The van der Waals surface area contributed by atoms with Crippen molar-refractivity contribution < 1.29 is 83.3 Å². The van der Waals surface area contributed by atoms with Gasteiger partial charge in [0.15, 0.2) is 35.6 Å². The van der Waals surface area contributed by atoms with E-state index >= 15 is 0 Å². The maximum Gasteiger partial charge on any atom is 0.333 e. The Balaban J connectivity index is 1.05. The summed E-state index contributed by atoms with van der Waals surface area (Å²) in [7, 11) is 0. The number of nitrogens with zero attached hydrogens (tertiary/aromatic N) is 1. The molecule has 12 bridgehead atoms. The number of rotatable bonds is 9. The number of aliphatic carboxylic acids is 1. The number of carboxylic acids is 1. The summed E-state index contributed by atoms with van der Waals surface area (Å²) in [6.45, 7) is -1.40. The minimum absolute atomic E-state index is 0.00236. The molecule has 0 amide bonds. The van der Waals surface area contributed by atoms with Crippen molar-refractivity contribution in [2.24, 2.45) is 40.2 Å². The van der Waals surface area contributed by atoms with Crippen molar-refractivity contribution in [1.29, 1.82) is 0 Å². The summed E-state index contributed by atoms with van der Waals surface area (Å²) in [5.74, 6) is 3.70. The highest BCUT2D eigenvalue weighted by Crippen LogP contribution is 2.77. The van der Waals surface area contributed by atoms with E-state index in [1.54, 1.807) is 18.3 Å². The molecular weight excluding hydrogens is 1070 g/mol. The fourth-order valence-corrected chi connectivity index (χ4v) is 16.7. The third kappa shape index (κ3) is 6.99. The summed E-state index contributed by atoms with van der Waals surface area (Å²) in [4.78, 5) is 44.1. The van der Waals surface area contributed by atoms with Crippen molar-refractivity contribution in [3.63, 3.8) is 0 Å². The summed E-state index contributed by atoms with van der Waals surface area (Å²) >= 11 is 0. The lowest BCUT2D eigenvalue weighted by atomic mass is 9.48. The fourth-order valence-electron chi connectivity index (χ4n) is 16.7. The standard InChI is InChI=1S/C62H58N4O17/c63-55-54-61(17-20-65-55)52(71)53(72)62(76)58(83-61)80-41-22-42-44(51-45-34-9-11-40(78-28-69)50(49(34)81-51)77-27-32(70)7-8-33(48(45)79-42)29-4-2-1-3-5-29)36(25-66-24-31-14-19-64-47(31)39(66)26-68)43(41)46-30-6-10-38-37(13-16-60(38,46)62)59(23-30,18-21-67)15-12-35(56(73)74)57(75)82-54/h1-6,9-11,14,17,19-22,24,30,32-33,35,37-38,45-46,48,51-55,58,64-65,68-72,76H,13,16,18,23,25-28,63H2,(H,73,74)/t30-,32+,33-,35-,37+,38+,45-,46-,48+,51+,52+,53+,54-,55-,58-,59+,60+,61+,62-/m1/s1. The highest BCUT2D eigenvalue weighted by molar-refractivity contribution is 5.97. The molecule has 2 saturated carbocycles. The molecule has 17 rings (SSSR count). The Labute approximate surface area is 473 Å². The number of aliphatic hydroxyl groups excluding tert-OH is 5. The lowest BCUT2D eigenvalue weighted by Gasteiger charge is -2.62. The molecule has 0 radical (unpaired) electrons. The molecule has 4 aliphatic carbocycles. The largest absolute Gasteiger partial charge is 0.487 e. The minimum Gasteiger partial charge on any atom is -0.487 e. The number of aliphatic hydroxyl groups is 6. The summed E-state index contributed by atoms with van der Waals surface area (Å²) in [5, 5.41) is 88.1. The summed E-state index contributed by atoms with van der Waals surface area (Å²) in [6.07, 6.45) is -1.19. The Kier molecular flexibility index (Phi) is 11.6. The van der Waals surface area contributed by atoms with E-state index in [0.717, 1.165) is 17.2 Å². The number of fused-ring (bicyclic) bond motifs is 8. The number of aromatic nitrogens is 2. The van der Waals surface area contributed by atoms with E-state index in [1.165, 1.54) is 12.3 Å². The van der Waals surface area contributed by atoms with Gasteiger partial charge in [-0.2, -0.15) is 0 Å². The normalized spacial score (nSPS) is 38.5. The number of H-pyrrole nitrogens is 1. The molecular formula is C62H58N4O17. The average Bonchev–Trinajstić information content (AvgIpc) is 1.74. The zero-order chi connectivity index (χ0) is 57.1. The summed E-state index contributed by atoms with van der Waals surface area (Å²) < 4.78 is 49.4. The van der Waals surface area contributed by atoms with Crippen LogP contribution in [-0.2, 0) is 37.0 Å². The Bertz CT molecular complexity index is 3760. The topological polar surface area (TPSA) is 316 Å². The first-order chi connectivity index (χ1) is 40.2. The maximum absolute atomic E-state index is 14.5. The second-order valence-corrected chi connectivity index (χ2v) is 23.6. The zero-order valence-electron chi connectivity index (χ0n) is 44.3. The molecule has 3 aromatic carbocycles. The molecule has 428 valence electrons. The molecule has 19 atom stereocenters. The smallest absolute Gasteiger partial charge is 0.333 e. The maximum atomic E-state index is 14.5. The molecule has 2 spiro atoms. The van der Waals surface area contributed by atoms with E-state index in [9.17, 15) is 50.1 Å². The number of allylic oxidation sites excluding steroid dienone is 2. The number of esters is 1. The fraction of sp³-hybridized carbons (Fsp3) is 0.435. The molecule has 5 aromatic rings. The van der Waals surface area contributed by atoms with Crippen molar-refractivity contribution in [3.8, 4) is 52.4 Å². The van der Waals surface area contributed by atoms with E-state index in [0.29, 0.717) is 33.5 Å². The van der Waals surface area contributed by atoms with Gasteiger partial charge in [0.2, 0.25) is 18.0 Å². The molecule has 11 N–H and O–H groups in total. The lowest BCUT2D eigenvalue weighted by molar-refractivity contribution is -0.383. The van der Waals surface area contributed by atoms with Crippen LogP contribution in [0.1, 0.15) is 83.1 Å². The van der Waals surface area contributed by atoms with Crippen molar-refractivity contribution in [2.45, 2.75) is 117 Å². The van der Waals surface area contributed by atoms with Crippen LogP contribution < -0.4 is 34.7 Å². The molecule has 1 saturated heterocycles. The number of aromatic amines is 1. The Morgan fingerprint density at radius 1 is 0.964 bits per heavy atom. The highest BCUT2D eigenvalue weighted by atomic mass is 16.7. The quantitative estimate of drug-likeness (QED) is 0.0253. The van der Waals surface area contributed by atoms with Crippen molar-refractivity contribution in [3.05, 3.63) is 125 Å². The minimum atomic E-state index is -2.57. The van der Waals surface area contributed by atoms with E-state index < -0.39 is 138 Å². The SMILES string of the molecule is N[C@@H]1NC=C[C@]23O[C@H]4Oc5cc6c(c(Cn7cc8cc[nH]c8c7CO)c5[C@H]5[C@@H]7C=C[C@H]8[C@H](CC[C@]85[C@@]4(O)[C@@H](O)[C@@H]2O)[C@](CC=O)(C#C[C@H](C(=O)O)C(=O)O[C@H]13)C7)[C@@H]1Oc2c3ccc(OCO)c2OC[C@@H](O)C#C[C@H](c2ccccc2)[C@H](O6)[C@@H]31. The van der Waals surface area contributed by atoms with Gasteiger partial charge >= 0.3 is 11.9 Å². The van der Waals surface area contributed by atoms with Crippen LogP contribution >= 0.6 is 0 Å². The van der Waals surface area contributed by atoms with Gasteiger partial charge < -0.3 is 94.3 Å². The van der Waals surface area contributed by atoms with Gasteiger partial charge in [-0.3, -0.25) is 9.59 Å². The summed E-state index contributed by atoms with van der Waals surface area (Å²) in [6, 6.07) is 16.6. The second-order valence-electron chi connectivity index (χ2n) is 23.6. The molecule has 83 heavy (non-hydrogen) atoms. The predicted molar refractivity (Wildman–Crippen MR) is 287 cm³/mol. The molecule has 3 fully saturated rings. The number of aldehydes is 1. The van der Waals surface area contributed by atoms with E-state index in [1.807, 2.05) is 65.4 Å². The molecule has 10 heterocycles. The molecule has 2 aromatic heterocycles. The Hall–Kier alpha value is -7.83. The van der Waals surface area contributed by atoms with Crippen LogP contribution in [0.15, 0.2) is 91.4 Å². The second kappa shape index (κ2) is 18.6. The Morgan fingerprint density at radius 3 is 2.59 bits per heavy atom. The number of hydrogen-bond donors (Lipinski definition) is 10. The van der Waals surface area contributed by atoms with Crippen molar-refractivity contribution >= 4 is 29.1 Å². The van der Waals surface area contributed by atoms with Gasteiger partial charge in [0.05, 0.1) is 29.7 Å². The van der Waals surface area contributed by atoms with Gasteiger partial charge in [-0.15, -0.1) is 0 Å². The molecule has 21 nitrogen and oxygen atoms in total. The van der Waals surface area contributed by atoms with Crippen molar-refractivity contribution in [2.75, 3.05) is 13.4 Å². The number of carboxylic acid groups (broad SMARTS) is 1. The average molecular weight is 1130 g/mol. The predicted octanol–water partition coefficient (Wildman–Crippen LogP) is 2.59. The number of carbonyl (C=O) groups is 3. The van der Waals surface area contributed by atoms with E-state index in [-0.39, 0.29) is 67.6 Å². The van der Waals surface area contributed by atoms with Crippen molar-refractivity contribution in [1.82, 2.24) is 14.9 Å². The highest BCUT2D eigenvalue weighted by Gasteiger charge is 2.80. The van der Waals surface area contributed by atoms with Crippen LogP contribution in [0.3, 0.4) is 0 Å². The van der Waals surface area contributed by atoms with Crippen LogP contribution in [0.5, 0.6) is 28.7 Å². The zero-order valence-corrected chi connectivity index (χ0v) is 44.3. The first-order valence-corrected chi connectivity index (χ1v) is 28.0. The van der Waals surface area contributed by atoms with E-state index in [4.69, 9.17) is 38.9 Å². The molecule has 12 aliphatic rings. The molecule has 21 heteroatoms. The van der Waals surface area contributed by atoms with Gasteiger partial charge in [-0.1, -0.05) is 72.2 Å². The van der Waals surface area contributed by atoms with Gasteiger partial charge in [-0.25, -0.2) is 0 Å². The third-order valence-corrected chi connectivity index (χ3v) is 20.0. The van der Waals surface area contributed by atoms with Gasteiger partial charge in [0.25, 0.3) is 0 Å². The first kappa shape index (κ1) is 52.0.